The van der Waals surface area contributed by atoms with Crippen LogP contribution in [0.15, 0.2) is 0 Å². The number of amides is 1. The number of halogens is 1. The van der Waals surface area contributed by atoms with Crippen LogP contribution in [0, 0.1) is 29.1 Å². The predicted molar refractivity (Wildman–Crippen MR) is 90.4 cm³/mol. The zero-order valence-electron chi connectivity index (χ0n) is 13.5. The van der Waals surface area contributed by atoms with Crippen molar-refractivity contribution >= 4 is 21.8 Å². The molecule has 0 aliphatic heterocycles. The van der Waals surface area contributed by atoms with Crippen molar-refractivity contribution in [3.8, 4) is 0 Å². The van der Waals surface area contributed by atoms with Crippen LogP contribution in [0.25, 0.3) is 0 Å². The number of alkyl halides is 1. The highest BCUT2D eigenvalue weighted by molar-refractivity contribution is 9.09. The van der Waals surface area contributed by atoms with E-state index in [1.807, 2.05) is 0 Å². The van der Waals surface area contributed by atoms with E-state index in [2.05, 4.69) is 35.1 Å². The van der Waals surface area contributed by atoms with Gasteiger partial charge in [-0.1, -0.05) is 29.8 Å². The normalized spacial score (nSPS) is 38.8. The number of nitrogens with one attached hydrogen (secondary N) is 1. The number of hydrogen-bond donors (Lipinski definition) is 1. The standard InChI is InChI=1S/C18H30BrNO/c1-12(2)16(3-4-19)20-17(21)11-18-8-13-5-14(9-18)7-15(6-13)10-18/h12-16H,3-11H2,1-2H3,(H,20,21). The Bertz CT molecular complexity index is 357. The number of hydrogen-bond acceptors (Lipinski definition) is 1. The highest BCUT2D eigenvalue weighted by Crippen LogP contribution is 2.61. The first-order valence-corrected chi connectivity index (χ1v) is 9.97. The molecule has 4 saturated carbocycles. The van der Waals surface area contributed by atoms with Crippen LogP contribution in [0.2, 0.25) is 0 Å². The first-order chi connectivity index (χ1) is 9.99. The molecule has 1 amide bonds. The smallest absolute Gasteiger partial charge is 0.220 e. The SMILES string of the molecule is CC(C)C(CCBr)NC(=O)CC12CC3CC(CC(C3)C1)C2. The highest BCUT2D eigenvalue weighted by atomic mass is 79.9. The van der Waals surface area contributed by atoms with Gasteiger partial charge in [-0.15, -0.1) is 0 Å². The average Bonchev–Trinajstić information content (AvgIpc) is 2.35. The summed E-state index contributed by atoms with van der Waals surface area (Å²) in [5, 5.41) is 4.29. The Morgan fingerprint density at radius 3 is 2.10 bits per heavy atom. The molecule has 0 aromatic carbocycles. The van der Waals surface area contributed by atoms with Crippen molar-refractivity contribution in [1.29, 1.82) is 0 Å². The fraction of sp³-hybridized carbons (Fsp3) is 0.944. The largest absolute Gasteiger partial charge is 0.353 e. The molecular formula is C18H30BrNO. The lowest BCUT2D eigenvalue weighted by Gasteiger charge is -2.56. The van der Waals surface area contributed by atoms with Gasteiger partial charge in [0.1, 0.15) is 0 Å². The molecule has 1 unspecified atom stereocenters. The molecule has 21 heavy (non-hydrogen) atoms. The number of carbonyl (C=O) groups is 1. The van der Waals surface area contributed by atoms with E-state index in [-0.39, 0.29) is 0 Å². The molecule has 1 atom stereocenters. The average molecular weight is 356 g/mol. The van der Waals surface area contributed by atoms with Crippen molar-refractivity contribution in [3.05, 3.63) is 0 Å². The van der Waals surface area contributed by atoms with E-state index < -0.39 is 0 Å². The first kappa shape index (κ1) is 15.8. The molecule has 2 nitrogen and oxygen atoms in total. The molecule has 120 valence electrons. The van der Waals surface area contributed by atoms with Gasteiger partial charge in [-0.25, -0.2) is 0 Å². The second kappa shape index (κ2) is 6.22. The Hall–Kier alpha value is -0.0500. The Morgan fingerprint density at radius 2 is 1.67 bits per heavy atom. The van der Waals surface area contributed by atoms with Gasteiger partial charge in [0.05, 0.1) is 0 Å². The maximum atomic E-state index is 12.6. The van der Waals surface area contributed by atoms with Crippen molar-refractivity contribution < 1.29 is 4.79 Å². The Morgan fingerprint density at radius 1 is 1.14 bits per heavy atom. The monoisotopic (exact) mass is 355 g/mol. The van der Waals surface area contributed by atoms with E-state index in [1.165, 1.54) is 38.5 Å². The van der Waals surface area contributed by atoms with Gasteiger partial charge in [-0.05, 0) is 74.0 Å². The third-order valence-corrected chi connectivity index (χ3v) is 6.73. The fourth-order valence-corrected chi connectivity index (χ4v) is 6.29. The third-order valence-electron chi connectivity index (χ3n) is 6.27. The lowest BCUT2D eigenvalue weighted by Crippen LogP contribution is -2.49. The summed E-state index contributed by atoms with van der Waals surface area (Å²) in [6.45, 7) is 4.41. The zero-order valence-corrected chi connectivity index (χ0v) is 15.1. The van der Waals surface area contributed by atoms with E-state index in [4.69, 9.17) is 0 Å². The summed E-state index contributed by atoms with van der Waals surface area (Å²) in [6.07, 6.45) is 10.2. The minimum atomic E-state index is 0.316. The van der Waals surface area contributed by atoms with Gasteiger partial charge in [0, 0.05) is 17.8 Å². The molecule has 4 fully saturated rings. The molecule has 0 radical (unpaired) electrons. The summed E-state index contributed by atoms with van der Waals surface area (Å²) in [5.41, 5.74) is 0.370. The molecule has 4 bridgehead atoms. The quantitative estimate of drug-likeness (QED) is 0.697. The van der Waals surface area contributed by atoms with Crippen molar-refractivity contribution in [2.45, 2.75) is 71.3 Å². The van der Waals surface area contributed by atoms with Crippen LogP contribution in [0.1, 0.15) is 65.2 Å². The Labute approximate surface area is 138 Å². The minimum Gasteiger partial charge on any atom is -0.353 e. The molecule has 0 saturated heterocycles. The summed E-state index contributed by atoms with van der Waals surface area (Å²) in [5.74, 6) is 3.65. The van der Waals surface area contributed by atoms with Gasteiger partial charge in [-0.3, -0.25) is 4.79 Å². The molecule has 4 aliphatic rings. The lowest BCUT2D eigenvalue weighted by atomic mass is 9.49. The van der Waals surface area contributed by atoms with Gasteiger partial charge in [0.2, 0.25) is 5.91 Å². The number of carbonyl (C=O) groups excluding carboxylic acids is 1. The van der Waals surface area contributed by atoms with E-state index in [0.29, 0.717) is 23.3 Å². The van der Waals surface area contributed by atoms with E-state index in [0.717, 1.165) is 35.9 Å². The Kier molecular flexibility index (Phi) is 4.69. The fourth-order valence-electron chi connectivity index (χ4n) is 5.79. The van der Waals surface area contributed by atoms with Crippen LogP contribution in [0.4, 0.5) is 0 Å². The summed E-state index contributed by atoms with van der Waals surface area (Å²) in [4.78, 5) is 12.6. The second-order valence-electron chi connectivity index (χ2n) is 8.49. The van der Waals surface area contributed by atoms with Crippen LogP contribution in [0.3, 0.4) is 0 Å². The summed E-state index contributed by atoms with van der Waals surface area (Å²) >= 11 is 3.51. The molecule has 0 spiro atoms. The first-order valence-electron chi connectivity index (χ1n) is 8.85. The van der Waals surface area contributed by atoms with E-state index in [1.54, 1.807) is 0 Å². The molecular weight excluding hydrogens is 326 g/mol. The van der Waals surface area contributed by atoms with Crippen LogP contribution >= 0.6 is 15.9 Å². The molecule has 3 heteroatoms. The molecule has 0 aromatic rings. The zero-order chi connectivity index (χ0) is 15.0. The summed E-state index contributed by atoms with van der Waals surface area (Å²) in [6, 6.07) is 0.325. The predicted octanol–water partition coefficient (Wildman–Crippen LogP) is 4.52. The molecule has 4 rings (SSSR count). The summed E-state index contributed by atoms with van der Waals surface area (Å²) in [7, 11) is 0. The second-order valence-corrected chi connectivity index (χ2v) is 9.28. The molecule has 0 heterocycles. The van der Waals surface area contributed by atoms with Crippen LogP contribution < -0.4 is 5.32 Å². The Balaban J connectivity index is 1.59. The van der Waals surface area contributed by atoms with Crippen molar-refractivity contribution in [3.63, 3.8) is 0 Å². The van der Waals surface area contributed by atoms with Gasteiger partial charge >= 0.3 is 0 Å². The van der Waals surface area contributed by atoms with Gasteiger partial charge in [0.15, 0.2) is 0 Å². The van der Waals surface area contributed by atoms with Gasteiger partial charge in [0.25, 0.3) is 0 Å². The van der Waals surface area contributed by atoms with Crippen LogP contribution in [-0.4, -0.2) is 17.3 Å². The molecule has 4 aliphatic carbocycles. The van der Waals surface area contributed by atoms with Crippen LogP contribution in [-0.2, 0) is 4.79 Å². The van der Waals surface area contributed by atoms with Crippen molar-refractivity contribution in [2.75, 3.05) is 5.33 Å². The maximum absolute atomic E-state index is 12.6. The molecule has 0 aromatic heterocycles. The maximum Gasteiger partial charge on any atom is 0.220 e. The topological polar surface area (TPSA) is 29.1 Å². The van der Waals surface area contributed by atoms with Gasteiger partial charge in [-0.2, -0.15) is 0 Å². The lowest BCUT2D eigenvalue weighted by molar-refractivity contribution is -0.130. The van der Waals surface area contributed by atoms with Crippen molar-refractivity contribution in [1.82, 2.24) is 5.32 Å². The number of rotatable bonds is 6. The third kappa shape index (κ3) is 3.48. The summed E-state index contributed by atoms with van der Waals surface area (Å²) < 4.78 is 0. The minimum absolute atomic E-state index is 0.316. The van der Waals surface area contributed by atoms with Crippen molar-refractivity contribution in [2.24, 2.45) is 29.1 Å². The molecule has 1 N–H and O–H groups in total. The van der Waals surface area contributed by atoms with E-state index in [9.17, 15) is 4.79 Å². The highest BCUT2D eigenvalue weighted by Gasteiger charge is 2.51. The van der Waals surface area contributed by atoms with Crippen LogP contribution in [0.5, 0.6) is 0 Å². The van der Waals surface area contributed by atoms with E-state index >= 15 is 0 Å². The van der Waals surface area contributed by atoms with Gasteiger partial charge < -0.3 is 5.32 Å².